The lowest BCUT2D eigenvalue weighted by Crippen LogP contribution is -2.63. The second kappa shape index (κ2) is 7.04. The van der Waals surface area contributed by atoms with Gasteiger partial charge in [-0.2, -0.15) is 4.98 Å². The third-order valence-corrected chi connectivity index (χ3v) is 6.05. The molecule has 6 nitrogen and oxygen atoms in total. The lowest BCUT2D eigenvalue weighted by molar-refractivity contribution is -0.127. The lowest BCUT2D eigenvalue weighted by atomic mass is 9.62. The van der Waals surface area contributed by atoms with E-state index in [4.69, 9.17) is 4.52 Å². The fourth-order valence-corrected chi connectivity index (χ4v) is 4.52. The average molecular weight is 393 g/mol. The van der Waals surface area contributed by atoms with Gasteiger partial charge in [-0.15, -0.1) is 0 Å². The van der Waals surface area contributed by atoms with Gasteiger partial charge in [0.2, 0.25) is 11.7 Å². The minimum absolute atomic E-state index is 0.339. The zero-order valence-electron chi connectivity index (χ0n) is 17.7. The van der Waals surface area contributed by atoms with Crippen LogP contribution in [-0.4, -0.2) is 45.3 Å². The van der Waals surface area contributed by atoms with E-state index < -0.39 is 5.60 Å². The van der Waals surface area contributed by atoms with Crippen LogP contribution in [0.2, 0.25) is 0 Å². The van der Waals surface area contributed by atoms with Crippen molar-refractivity contribution in [2.45, 2.75) is 39.2 Å². The van der Waals surface area contributed by atoms with Crippen LogP contribution in [0.1, 0.15) is 49.3 Å². The first-order valence-electron chi connectivity index (χ1n) is 10.0. The molecule has 3 aromatic rings. The Balaban J connectivity index is 1.83. The number of aryl methyl sites for hydroxylation is 1. The number of aromatic nitrogens is 3. The molecule has 0 saturated carbocycles. The Hall–Kier alpha value is -2.57. The van der Waals surface area contributed by atoms with Gasteiger partial charge in [0, 0.05) is 48.9 Å². The molecular formula is C23H28N4O2. The summed E-state index contributed by atoms with van der Waals surface area (Å²) in [5.74, 6) is 1.41. The molecule has 0 spiro atoms. The Labute approximate surface area is 171 Å². The van der Waals surface area contributed by atoms with Crippen LogP contribution >= 0.6 is 0 Å². The van der Waals surface area contributed by atoms with Gasteiger partial charge in [-0.05, 0) is 30.2 Å². The van der Waals surface area contributed by atoms with Crippen molar-refractivity contribution >= 4 is 0 Å². The quantitative estimate of drug-likeness (QED) is 0.713. The van der Waals surface area contributed by atoms with Crippen LogP contribution in [0.25, 0.3) is 11.4 Å². The highest BCUT2D eigenvalue weighted by Crippen LogP contribution is 2.50. The minimum atomic E-state index is -1.18. The second-order valence-electron chi connectivity index (χ2n) is 8.82. The molecule has 152 valence electrons. The number of hydrogen-bond donors (Lipinski definition) is 1. The molecule has 4 rings (SSSR count). The van der Waals surface area contributed by atoms with Crippen molar-refractivity contribution in [2.24, 2.45) is 5.41 Å². The Bertz CT molecular complexity index is 1010. The van der Waals surface area contributed by atoms with Gasteiger partial charge in [-0.1, -0.05) is 50.2 Å². The largest absolute Gasteiger partial charge is 0.380 e. The highest BCUT2D eigenvalue weighted by atomic mass is 16.5. The van der Waals surface area contributed by atoms with Gasteiger partial charge in [0.15, 0.2) is 0 Å². The van der Waals surface area contributed by atoms with Gasteiger partial charge in [0.25, 0.3) is 0 Å². The third-order valence-electron chi connectivity index (χ3n) is 6.05. The van der Waals surface area contributed by atoms with E-state index in [-0.39, 0.29) is 5.41 Å². The number of pyridine rings is 1. The predicted molar refractivity (Wildman–Crippen MR) is 111 cm³/mol. The Morgan fingerprint density at radius 2 is 1.83 bits per heavy atom. The summed E-state index contributed by atoms with van der Waals surface area (Å²) in [6, 6.07) is 10.2. The molecule has 2 aromatic heterocycles. The van der Waals surface area contributed by atoms with Crippen LogP contribution in [0.4, 0.5) is 0 Å². The third kappa shape index (κ3) is 3.26. The Kier molecular flexibility index (Phi) is 4.79. The summed E-state index contributed by atoms with van der Waals surface area (Å²) in [7, 11) is 2.07. The monoisotopic (exact) mass is 392 g/mol. The molecule has 0 amide bonds. The number of nitrogens with zero attached hydrogens (tertiary/aromatic N) is 4. The SMILES string of the molecule is Cc1nc(-c2cncc([C@@](O)(c3ccc(C(C)C)cc3)C3(C)CN(C)C3)c2)no1. The van der Waals surface area contributed by atoms with E-state index in [1.807, 2.05) is 18.2 Å². The molecule has 3 heterocycles. The van der Waals surface area contributed by atoms with Crippen molar-refractivity contribution in [1.82, 2.24) is 20.0 Å². The van der Waals surface area contributed by atoms with E-state index in [0.29, 0.717) is 17.6 Å². The van der Waals surface area contributed by atoms with Gasteiger partial charge >= 0.3 is 0 Å². The van der Waals surface area contributed by atoms with Crippen molar-refractivity contribution in [1.29, 1.82) is 0 Å². The Morgan fingerprint density at radius 3 is 2.38 bits per heavy atom. The van der Waals surface area contributed by atoms with Crippen molar-refractivity contribution in [3.05, 3.63) is 65.3 Å². The second-order valence-corrected chi connectivity index (χ2v) is 8.82. The van der Waals surface area contributed by atoms with E-state index in [1.165, 1.54) is 5.56 Å². The normalized spacial score (nSPS) is 18.4. The van der Waals surface area contributed by atoms with E-state index in [2.05, 4.69) is 60.0 Å². The molecule has 1 aliphatic heterocycles. The standard InChI is InChI=1S/C23H28N4O2/c1-15(2)17-6-8-19(9-7-17)23(28,22(4)13-27(5)14-22)20-10-18(11-24-12-20)21-25-16(3)29-26-21/h6-12,15,28H,13-14H2,1-5H3/t23-/m0/s1. The molecule has 0 unspecified atom stereocenters. The van der Waals surface area contributed by atoms with E-state index in [9.17, 15) is 5.11 Å². The van der Waals surface area contributed by atoms with E-state index in [0.717, 1.165) is 29.8 Å². The van der Waals surface area contributed by atoms with Gasteiger partial charge in [0.1, 0.15) is 5.60 Å². The molecular weight excluding hydrogens is 364 g/mol. The predicted octanol–water partition coefficient (Wildman–Crippen LogP) is 3.75. The van der Waals surface area contributed by atoms with E-state index in [1.54, 1.807) is 19.3 Å². The molecule has 0 radical (unpaired) electrons. The maximum atomic E-state index is 12.2. The maximum absolute atomic E-state index is 12.2. The topological polar surface area (TPSA) is 75.3 Å². The van der Waals surface area contributed by atoms with Gasteiger partial charge in [-0.25, -0.2) is 0 Å². The van der Waals surface area contributed by atoms with Crippen LogP contribution < -0.4 is 0 Å². The number of hydrogen-bond acceptors (Lipinski definition) is 6. The summed E-state index contributed by atoms with van der Waals surface area (Å²) in [5, 5.41) is 16.2. The molecule has 1 aliphatic rings. The summed E-state index contributed by atoms with van der Waals surface area (Å²) in [5.41, 5.74) is 2.07. The summed E-state index contributed by atoms with van der Waals surface area (Å²) < 4.78 is 5.12. The molecule has 6 heteroatoms. The molecule has 0 aliphatic carbocycles. The molecule has 1 aromatic carbocycles. The molecule has 1 fully saturated rings. The maximum Gasteiger partial charge on any atom is 0.223 e. The fraction of sp³-hybridized carbons (Fsp3) is 0.435. The van der Waals surface area contributed by atoms with Crippen molar-refractivity contribution < 1.29 is 9.63 Å². The first-order chi connectivity index (χ1) is 13.7. The zero-order valence-corrected chi connectivity index (χ0v) is 17.7. The van der Waals surface area contributed by atoms with Crippen molar-refractivity contribution in [2.75, 3.05) is 20.1 Å². The summed E-state index contributed by atoms with van der Waals surface area (Å²) in [4.78, 5) is 10.9. The highest BCUT2D eigenvalue weighted by Gasteiger charge is 2.55. The van der Waals surface area contributed by atoms with E-state index >= 15 is 0 Å². The molecule has 1 saturated heterocycles. The summed E-state index contributed by atoms with van der Waals surface area (Å²) >= 11 is 0. The molecule has 29 heavy (non-hydrogen) atoms. The van der Waals surface area contributed by atoms with Crippen molar-refractivity contribution in [3.63, 3.8) is 0 Å². The van der Waals surface area contributed by atoms with Crippen LogP contribution in [0, 0.1) is 12.3 Å². The zero-order chi connectivity index (χ0) is 20.8. The van der Waals surface area contributed by atoms with Crippen LogP contribution in [0.15, 0.2) is 47.2 Å². The van der Waals surface area contributed by atoms with Gasteiger partial charge < -0.3 is 14.5 Å². The van der Waals surface area contributed by atoms with Crippen LogP contribution in [0.5, 0.6) is 0 Å². The summed E-state index contributed by atoms with van der Waals surface area (Å²) in [6.07, 6.45) is 3.45. The first-order valence-corrected chi connectivity index (χ1v) is 10.0. The summed E-state index contributed by atoms with van der Waals surface area (Å²) in [6.45, 7) is 9.81. The Morgan fingerprint density at radius 1 is 1.14 bits per heavy atom. The fourth-order valence-electron chi connectivity index (χ4n) is 4.52. The smallest absolute Gasteiger partial charge is 0.223 e. The lowest BCUT2D eigenvalue weighted by Gasteiger charge is -2.55. The van der Waals surface area contributed by atoms with Crippen LogP contribution in [0.3, 0.4) is 0 Å². The molecule has 1 atom stereocenters. The molecule has 1 N–H and O–H groups in total. The highest BCUT2D eigenvalue weighted by molar-refractivity contribution is 5.56. The minimum Gasteiger partial charge on any atom is -0.380 e. The number of aliphatic hydroxyl groups is 1. The average Bonchev–Trinajstić information content (AvgIpc) is 3.13. The number of benzene rings is 1. The number of likely N-dealkylation sites (tertiary alicyclic amines) is 1. The first kappa shape index (κ1) is 19.7. The van der Waals surface area contributed by atoms with Gasteiger partial charge in [-0.3, -0.25) is 4.98 Å². The van der Waals surface area contributed by atoms with Crippen molar-refractivity contribution in [3.8, 4) is 11.4 Å². The number of rotatable bonds is 5. The van der Waals surface area contributed by atoms with Gasteiger partial charge in [0.05, 0.1) is 0 Å². The molecule has 0 bridgehead atoms. The van der Waals surface area contributed by atoms with Crippen LogP contribution in [-0.2, 0) is 5.60 Å².